The Balaban J connectivity index is 2.15. The van der Waals surface area contributed by atoms with Crippen LogP contribution in [0.15, 0.2) is 28.5 Å². The molecule has 94 valence electrons. The van der Waals surface area contributed by atoms with Crippen LogP contribution >= 0.6 is 23.1 Å². The summed E-state index contributed by atoms with van der Waals surface area (Å²) in [5.74, 6) is -0.294. The normalized spacial score (nSPS) is 10.5. The highest BCUT2D eigenvalue weighted by Gasteiger charge is 2.11. The van der Waals surface area contributed by atoms with Gasteiger partial charge >= 0.3 is 5.97 Å². The highest BCUT2D eigenvalue weighted by atomic mass is 32.2. The van der Waals surface area contributed by atoms with E-state index in [1.807, 2.05) is 19.1 Å². The van der Waals surface area contributed by atoms with Crippen molar-refractivity contribution < 1.29 is 9.90 Å². The van der Waals surface area contributed by atoms with Crippen LogP contribution in [0.25, 0.3) is 0 Å². The van der Waals surface area contributed by atoms with Gasteiger partial charge in [-0.15, -0.1) is 11.8 Å². The van der Waals surface area contributed by atoms with E-state index in [9.17, 15) is 4.79 Å². The van der Waals surface area contributed by atoms with Gasteiger partial charge in [0.15, 0.2) is 5.13 Å². The maximum atomic E-state index is 11.1. The summed E-state index contributed by atoms with van der Waals surface area (Å²) in [6.45, 7) is 1.90. The molecule has 1 heterocycles. The van der Waals surface area contributed by atoms with Crippen molar-refractivity contribution >= 4 is 34.2 Å². The van der Waals surface area contributed by atoms with E-state index in [4.69, 9.17) is 10.8 Å². The van der Waals surface area contributed by atoms with E-state index in [0.29, 0.717) is 16.4 Å². The molecule has 3 N–H and O–H groups in total. The molecule has 0 atom stereocenters. The number of carbonyl (C=O) groups is 1. The summed E-state index contributed by atoms with van der Waals surface area (Å²) in [5, 5.41) is 9.63. The number of benzene rings is 1. The zero-order chi connectivity index (χ0) is 13.1. The zero-order valence-corrected chi connectivity index (χ0v) is 11.3. The summed E-state index contributed by atoms with van der Waals surface area (Å²) in [4.78, 5) is 15.2. The molecule has 6 heteroatoms. The third-order valence-electron chi connectivity index (χ3n) is 2.38. The van der Waals surface area contributed by atoms with Gasteiger partial charge in [0.25, 0.3) is 0 Å². The Hall–Kier alpha value is -1.53. The molecule has 0 aliphatic heterocycles. The van der Waals surface area contributed by atoms with Crippen molar-refractivity contribution in [3.63, 3.8) is 0 Å². The molecule has 0 radical (unpaired) electrons. The Morgan fingerprint density at radius 3 is 2.83 bits per heavy atom. The van der Waals surface area contributed by atoms with Gasteiger partial charge in [0.2, 0.25) is 0 Å². The summed E-state index contributed by atoms with van der Waals surface area (Å²) in [5.41, 5.74) is 7.68. The average molecular weight is 280 g/mol. The average Bonchev–Trinajstić information content (AvgIpc) is 2.65. The van der Waals surface area contributed by atoms with Gasteiger partial charge in [-0.05, 0) is 18.6 Å². The predicted molar refractivity (Wildman–Crippen MR) is 74.2 cm³/mol. The second-order valence-corrected chi connectivity index (χ2v) is 5.95. The Labute approximate surface area is 113 Å². The molecule has 2 rings (SSSR count). The van der Waals surface area contributed by atoms with Crippen LogP contribution in [0.1, 0.15) is 21.6 Å². The molecule has 0 aliphatic carbocycles. The molecule has 0 amide bonds. The van der Waals surface area contributed by atoms with Crippen LogP contribution in [0.3, 0.4) is 0 Å². The monoisotopic (exact) mass is 280 g/mol. The van der Waals surface area contributed by atoms with Crippen LogP contribution in [0, 0.1) is 6.92 Å². The number of aromatic carboxylic acids is 1. The van der Waals surface area contributed by atoms with Crippen molar-refractivity contribution in [1.82, 2.24) is 4.98 Å². The molecular formula is C12H12N2O2S2. The number of hydrogen-bond donors (Lipinski definition) is 2. The lowest BCUT2D eigenvalue weighted by molar-refractivity contribution is 0.0696. The molecule has 18 heavy (non-hydrogen) atoms. The molecule has 1 aromatic carbocycles. The number of carboxylic acid groups (broad SMARTS) is 1. The molecule has 0 aliphatic rings. The number of aromatic nitrogens is 1. The van der Waals surface area contributed by atoms with Gasteiger partial charge in [0.05, 0.1) is 15.5 Å². The van der Waals surface area contributed by atoms with E-state index < -0.39 is 5.97 Å². The van der Waals surface area contributed by atoms with E-state index in [-0.39, 0.29) is 0 Å². The maximum Gasteiger partial charge on any atom is 0.335 e. The highest BCUT2D eigenvalue weighted by Crippen LogP contribution is 2.33. The van der Waals surface area contributed by atoms with Crippen molar-refractivity contribution in [1.29, 1.82) is 0 Å². The first-order chi connectivity index (χ1) is 8.58. The molecule has 0 saturated carbocycles. The van der Waals surface area contributed by atoms with E-state index in [0.717, 1.165) is 15.5 Å². The molecule has 2 aromatic rings. The van der Waals surface area contributed by atoms with Gasteiger partial charge in [-0.25, -0.2) is 9.78 Å². The highest BCUT2D eigenvalue weighted by molar-refractivity contribution is 8.00. The number of thiazole rings is 1. The minimum absolute atomic E-state index is 0.347. The van der Waals surface area contributed by atoms with Gasteiger partial charge in [-0.3, -0.25) is 0 Å². The summed E-state index contributed by atoms with van der Waals surface area (Å²) >= 11 is 3.00. The number of thioether (sulfide) groups is 1. The number of hydrogen-bond acceptors (Lipinski definition) is 5. The van der Waals surface area contributed by atoms with Crippen LogP contribution < -0.4 is 5.73 Å². The number of nitrogen functional groups attached to an aromatic ring is 1. The lowest BCUT2D eigenvalue weighted by atomic mass is 10.1. The summed E-state index contributed by atoms with van der Waals surface area (Å²) in [6, 6.07) is 7.02. The Morgan fingerprint density at radius 1 is 1.50 bits per heavy atom. The van der Waals surface area contributed by atoms with Gasteiger partial charge in [0, 0.05) is 5.75 Å². The number of rotatable bonds is 4. The minimum Gasteiger partial charge on any atom is -0.478 e. The van der Waals surface area contributed by atoms with Crippen LogP contribution in [0.2, 0.25) is 0 Å². The molecular weight excluding hydrogens is 268 g/mol. The largest absolute Gasteiger partial charge is 0.478 e. The second kappa shape index (κ2) is 5.41. The van der Waals surface area contributed by atoms with Gasteiger partial charge in [-0.2, -0.15) is 0 Å². The van der Waals surface area contributed by atoms with Crippen molar-refractivity contribution in [3.05, 3.63) is 41.1 Å². The van der Waals surface area contributed by atoms with Crippen molar-refractivity contribution in [3.8, 4) is 0 Å². The lowest BCUT2D eigenvalue weighted by Crippen LogP contribution is -2.00. The van der Waals surface area contributed by atoms with Gasteiger partial charge in [-0.1, -0.05) is 29.5 Å². The molecule has 0 bridgehead atoms. The molecule has 0 unspecified atom stereocenters. The SMILES string of the molecule is Cc1nc(N)sc1SCc1ccccc1C(=O)O. The van der Waals surface area contributed by atoms with Crippen molar-refractivity contribution in [2.75, 3.05) is 5.73 Å². The van der Waals surface area contributed by atoms with E-state index in [1.165, 1.54) is 11.3 Å². The van der Waals surface area contributed by atoms with Crippen LogP contribution in [0.4, 0.5) is 5.13 Å². The quantitative estimate of drug-likeness (QED) is 0.842. The Bertz CT molecular complexity index is 581. The molecule has 0 fully saturated rings. The van der Waals surface area contributed by atoms with Gasteiger partial charge in [0.1, 0.15) is 0 Å². The number of aryl methyl sites for hydroxylation is 1. The molecule has 1 aromatic heterocycles. The topological polar surface area (TPSA) is 76.2 Å². The number of anilines is 1. The summed E-state index contributed by atoms with van der Waals surface area (Å²) in [7, 11) is 0. The number of nitrogens with zero attached hydrogens (tertiary/aromatic N) is 1. The molecule has 0 spiro atoms. The number of carboxylic acids is 1. The predicted octanol–water partition coefficient (Wildman–Crippen LogP) is 3.02. The third-order valence-corrected chi connectivity index (χ3v) is 4.77. The van der Waals surface area contributed by atoms with Crippen LogP contribution in [0.5, 0.6) is 0 Å². The Kier molecular flexibility index (Phi) is 3.88. The molecule has 0 saturated heterocycles. The third kappa shape index (κ3) is 2.83. The zero-order valence-electron chi connectivity index (χ0n) is 9.71. The molecule has 4 nitrogen and oxygen atoms in total. The fourth-order valence-corrected chi connectivity index (χ4v) is 3.56. The second-order valence-electron chi connectivity index (χ2n) is 3.68. The standard InChI is InChI=1S/C12H12N2O2S2/c1-7-11(18-12(13)14-7)17-6-8-4-2-3-5-9(8)10(15)16/h2-5H,6H2,1H3,(H2,13,14)(H,15,16). The first kappa shape index (κ1) is 12.9. The fraction of sp³-hybridized carbons (Fsp3) is 0.167. The van der Waals surface area contributed by atoms with E-state index in [2.05, 4.69) is 4.98 Å². The maximum absolute atomic E-state index is 11.1. The minimum atomic E-state index is -0.897. The summed E-state index contributed by atoms with van der Waals surface area (Å²) < 4.78 is 1.03. The Morgan fingerprint density at radius 2 is 2.22 bits per heavy atom. The number of nitrogens with two attached hydrogens (primary N) is 1. The van der Waals surface area contributed by atoms with Crippen molar-refractivity contribution in [2.45, 2.75) is 16.9 Å². The van der Waals surface area contributed by atoms with Gasteiger partial charge < -0.3 is 10.8 Å². The summed E-state index contributed by atoms with van der Waals surface area (Å²) in [6.07, 6.45) is 0. The van der Waals surface area contributed by atoms with Crippen molar-refractivity contribution in [2.24, 2.45) is 0 Å². The fourth-order valence-electron chi connectivity index (χ4n) is 1.53. The first-order valence-electron chi connectivity index (χ1n) is 5.25. The van der Waals surface area contributed by atoms with Crippen LogP contribution in [-0.2, 0) is 5.75 Å². The van der Waals surface area contributed by atoms with Crippen LogP contribution in [-0.4, -0.2) is 16.1 Å². The van der Waals surface area contributed by atoms with E-state index in [1.54, 1.807) is 23.9 Å². The first-order valence-corrected chi connectivity index (χ1v) is 7.05. The lowest BCUT2D eigenvalue weighted by Gasteiger charge is -2.04. The smallest absolute Gasteiger partial charge is 0.335 e. The van der Waals surface area contributed by atoms with E-state index >= 15 is 0 Å².